The van der Waals surface area contributed by atoms with Crippen molar-refractivity contribution in [3.8, 4) is 0 Å². The summed E-state index contributed by atoms with van der Waals surface area (Å²) in [5, 5.41) is 11.9. The number of halogens is 3. The third kappa shape index (κ3) is 2.74. The first-order valence-corrected chi connectivity index (χ1v) is 4.54. The molecule has 0 saturated carbocycles. The molecule has 0 aromatic carbocycles. The summed E-state index contributed by atoms with van der Waals surface area (Å²) in [6.07, 6.45) is -3.53. The highest BCUT2D eigenvalue weighted by molar-refractivity contribution is 5.69. The van der Waals surface area contributed by atoms with Crippen LogP contribution in [-0.4, -0.2) is 20.9 Å². The summed E-state index contributed by atoms with van der Waals surface area (Å²) in [5.41, 5.74) is -1.10. The van der Waals surface area contributed by atoms with Crippen molar-refractivity contribution < 1.29 is 23.1 Å². The van der Waals surface area contributed by atoms with Gasteiger partial charge in [0.2, 0.25) is 0 Å². The molecule has 1 heterocycles. The number of carbonyl (C=O) groups is 1. The minimum Gasteiger partial charge on any atom is -0.481 e. The number of hydrogen-bond donors (Lipinski definition) is 1. The number of carboxylic acids is 1. The van der Waals surface area contributed by atoms with E-state index in [9.17, 15) is 18.0 Å². The van der Waals surface area contributed by atoms with Crippen LogP contribution in [-0.2, 0) is 24.4 Å². The van der Waals surface area contributed by atoms with Crippen molar-refractivity contribution in [3.63, 3.8) is 0 Å². The maximum Gasteiger partial charge on any atom is 0.435 e. The van der Waals surface area contributed by atoms with E-state index < -0.39 is 23.8 Å². The van der Waals surface area contributed by atoms with Crippen molar-refractivity contribution in [2.45, 2.75) is 19.5 Å². The number of aliphatic carboxylic acids is 1. The van der Waals surface area contributed by atoms with Crippen LogP contribution in [0.4, 0.5) is 13.2 Å². The Morgan fingerprint density at radius 2 is 2.19 bits per heavy atom. The molecule has 0 amide bonds. The maximum atomic E-state index is 12.5. The highest BCUT2D eigenvalue weighted by Crippen LogP contribution is 2.31. The lowest BCUT2D eigenvalue weighted by atomic mass is 10.0. The quantitative estimate of drug-likeness (QED) is 0.869. The summed E-state index contributed by atoms with van der Waals surface area (Å²) in [4.78, 5) is 10.6. The first-order valence-electron chi connectivity index (χ1n) is 4.54. The van der Waals surface area contributed by atoms with Crippen LogP contribution in [0.25, 0.3) is 0 Å². The number of carboxylic acid groups (broad SMARTS) is 1. The molecule has 1 atom stereocenters. The van der Waals surface area contributed by atoms with Gasteiger partial charge in [-0.15, -0.1) is 0 Å². The molecule has 90 valence electrons. The van der Waals surface area contributed by atoms with Crippen LogP contribution in [0.5, 0.6) is 0 Å². The molecule has 0 aliphatic rings. The zero-order chi connectivity index (χ0) is 12.5. The Kier molecular flexibility index (Phi) is 3.25. The highest BCUT2D eigenvalue weighted by Gasteiger charge is 2.37. The van der Waals surface area contributed by atoms with Gasteiger partial charge < -0.3 is 5.11 Å². The number of alkyl halides is 3. The molecule has 0 saturated heterocycles. The Balaban J connectivity index is 3.00. The lowest BCUT2D eigenvalue weighted by Crippen LogP contribution is -2.15. The van der Waals surface area contributed by atoms with Crippen molar-refractivity contribution in [1.82, 2.24) is 9.78 Å². The molecular formula is C9H11F3N2O2. The normalized spacial score (nSPS) is 13.8. The third-order valence-electron chi connectivity index (χ3n) is 2.12. The van der Waals surface area contributed by atoms with Crippen molar-refractivity contribution in [1.29, 1.82) is 0 Å². The van der Waals surface area contributed by atoms with Crippen LogP contribution in [0.2, 0.25) is 0 Å². The van der Waals surface area contributed by atoms with Gasteiger partial charge in [-0.1, -0.05) is 6.92 Å². The molecule has 1 aromatic heterocycles. The van der Waals surface area contributed by atoms with Gasteiger partial charge in [0.15, 0.2) is 5.69 Å². The molecule has 0 radical (unpaired) electrons. The largest absolute Gasteiger partial charge is 0.481 e. The molecule has 0 spiro atoms. The first-order chi connectivity index (χ1) is 7.21. The molecule has 1 aromatic rings. The van der Waals surface area contributed by atoms with Gasteiger partial charge >= 0.3 is 12.1 Å². The smallest absolute Gasteiger partial charge is 0.435 e. The van der Waals surface area contributed by atoms with Gasteiger partial charge in [0, 0.05) is 18.8 Å². The molecule has 1 unspecified atom stereocenters. The second kappa shape index (κ2) is 4.15. The van der Waals surface area contributed by atoms with Gasteiger partial charge in [0.25, 0.3) is 0 Å². The van der Waals surface area contributed by atoms with Crippen LogP contribution >= 0.6 is 0 Å². The Bertz CT molecular complexity index is 398. The molecule has 0 aliphatic carbocycles. The number of aromatic nitrogens is 2. The minimum absolute atomic E-state index is 0.0927. The monoisotopic (exact) mass is 236 g/mol. The number of aryl methyl sites for hydroxylation is 1. The molecule has 4 nitrogen and oxygen atoms in total. The van der Waals surface area contributed by atoms with Crippen LogP contribution in [0.15, 0.2) is 6.20 Å². The Labute approximate surface area is 89.7 Å². The fraction of sp³-hybridized carbons (Fsp3) is 0.556. The molecule has 7 heteroatoms. The number of hydrogen-bond acceptors (Lipinski definition) is 2. The van der Waals surface area contributed by atoms with Crippen LogP contribution in [0.3, 0.4) is 0 Å². The van der Waals surface area contributed by atoms with Crippen LogP contribution in [0.1, 0.15) is 18.2 Å². The van der Waals surface area contributed by atoms with E-state index >= 15 is 0 Å². The minimum atomic E-state index is -4.55. The predicted octanol–water partition coefficient (Wildman–Crippen LogP) is 1.70. The van der Waals surface area contributed by atoms with E-state index in [1.807, 2.05) is 0 Å². The van der Waals surface area contributed by atoms with Crippen LogP contribution in [0, 0.1) is 5.92 Å². The molecule has 1 rings (SSSR count). The van der Waals surface area contributed by atoms with E-state index in [1.54, 1.807) is 0 Å². The lowest BCUT2D eigenvalue weighted by molar-refractivity contribution is -0.144. The van der Waals surface area contributed by atoms with Crippen LogP contribution < -0.4 is 0 Å². The van der Waals surface area contributed by atoms with Crippen molar-refractivity contribution in [2.75, 3.05) is 0 Å². The fourth-order valence-electron chi connectivity index (χ4n) is 1.34. The Morgan fingerprint density at radius 3 is 2.62 bits per heavy atom. The van der Waals surface area contributed by atoms with E-state index in [4.69, 9.17) is 5.11 Å². The molecule has 0 bridgehead atoms. The highest BCUT2D eigenvalue weighted by atomic mass is 19.4. The molecule has 0 fully saturated rings. The summed E-state index contributed by atoms with van der Waals surface area (Å²) in [6.45, 7) is 1.36. The summed E-state index contributed by atoms with van der Waals surface area (Å²) in [6, 6.07) is 0. The predicted molar refractivity (Wildman–Crippen MR) is 48.7 cm³/mol. The lowest BCUT2D eigenvalue weighted by Gasteiger charge is -2.08. The maximum absolute atomic E-state index is 12.5. The molecule has 0 aliphatic heterocycles. The van der Waals surface area contributed by atoms with E-state index in [0.717, 1.165) is 4.68 Å². The van der Waals surface area contributed by atoms with Crippen molar-refractivity contribution in [3.05, 3.63) is 17.5 Å². The van der Waals surface area contributed by atoms with Gasteiger partial charge in [-0.05, 0) is 6.42 Å². The topological polar surface area (TPSA) is 55.1 Å². The zero-order valence-corrected chi connectivity index (χ0v) is 8.75. The summed E-state index contributed by atoms with van der Waals surface area (Å²) < 4.78 is 38.5. The van der Waals surface area contributed by atoms with E-state index in [1.165, 1.54) is 20.2 Å². The second-order valence-corrected chi connectivity index (χ2v) is 3.62. The van der Waals surface area contributed by atoms with E-state index in [-0.39, 0.29) is 12.0 Å². The molecular weight excluding hydrogens is 225 g/mol. The van der Waals surface area contributed by atoms with Gasteiger partial charge in [0.1, 0.15) is 0 Å². The third-order valence-corrected chi connectivity index (χ3v) is 2.12. The van der Waals surface area contributed by atoms with E-state index in [0.29, 0.717) is 0 Å². The Hall–Kier alpha value is -1.53. The molecule has 1 N–H and O–H groups in total. The average molecular weight is 236 g/mol. The van der Waals surface area contributed by atoms with Gasteiger partial charge in [-0.25, -0.2) is 0 Å². The second-order valence-electron chi connectivity index (χ2n) is 3.62. The van der Waals surface area contributed by atoms with Crippen molar-refractivity contribution >= 4 is 5.97 Å². The first kappa shape index (κ1) is 12.5. The number of rotatable bonds is 3. The summed E-state index contributed by atoms with van der Waals surface area (Å²) in [7, 11) is 1.37. The van der Waals surface area contributed by atoms with Crippen molar-refractivity contribution in [2.24, 2.45) is 13.0 Å². The fourth-order valence-corrected chi connectivity index (χ4v) is 1.34. The SMILES string of the molecule is CC(Cc1cn(C)nc1C(F)(F)F)C(=O)O. The Morgan fingerprint density at radius 1 is 1.62 bits per heavy atom. The summed E-state index contributed by atoms with van der Waals surface area (Å²) >= 11 is 0. The zero-order valence-electron chi connectivity index (χ0n) is 8.75. The van der Waals surface area contributed by atoms with Gasteiger partial charge in [-0.2, -0.15) is 18.3 Å². The van der Waals surface area contributed by atoms with Gasteiger partial charge in [-0.3, -0.25) is 9.48 Å². The average Bonchev–Trinajstić information content (AvgIpc) is 2.45. The van der Waals surface area contributed by atoms with E-state index in [2.05, 4.69) is 5.10 Å². The van der Waals surface area contributed by atoms with Gasteiger partial charge in [0.05, 0.1) is 5.92 Å². The summed E-state index contributed by atoms with van der Waals surface area (Å²) in [5.74, 6) is -2.00. The standard InChI is InChI=1S/C9H11F3N2O2/c1-5(8(15)16)3-6-4-14(2)13-7(6)9(10,11)12/h4-5H,3H2,1-2H3,(H,15,16). The number of nitrogens with zero attached hydrogens (tertiary/aromatic N) is 2. The molecule has 16 heavy (non-hydrogen) atoms.